The number of β-amino-alcohol motifs (C(OH)–C–C–N with tert-alkyl or cyclic N) is 1. The Morgan fingerprint density at radius 1 is 1.11 bits per heavy atom. The third-order valence-electron chi connectivity index (χ3n) is 5.45. The first kappa shape index (κ1) is 19.6. The predicted molar refractivity (Wildman–Crippen MR) is 115 cm³/mol. The lowest BCUT2D eigenvalue weighted by atomic mass is 9.89. The molecule has 0 bridgehead atoms. The van der Waals surface area contributed by atoms with Crippen LogP contribution in [0.5, 0.6) is 5.75 Å². The van der Waals surface area contributed by atoms with Gasteiger partial charge in [-0.15, -0.1) is 0 Å². The third-order valence-corrected chi connectivity index (χ3v) is 6.19. The average Bonchev–Trinajstić information content (AvgIpc) is 3.14. The molecule has 2 heterocycles. The molecule has 0 saturated carbocycles. The lowest BCUT2D eigenvalue weighted by molar-refractivity contribution is 0.0595. The van der Waals surface area contributed by atoms with E-state index < -0.39 is 6.10 Å². The molecule has 0 amide bonds. The standard InChI is InChI=1S/C22H24Cl2N2O2/c23-20-6-5-17(11-21(20)24)28-14-16(27)13-26-9-7-15(8-10-26)19-12-25-22-4-2-1-3-18(19)22/h1-6,11-12,15-16,25,27H,7-10,13-14H2. The number of aliphatic hydroxyl groups excluding tert-OH is 1. The second-order valence-corrected chi connectivity index (χ2v) is 8.22. The van der Waals surface area contributed by atoms with Crippen molar-refractivity contribution in [1.82, 2.24) is 9.88 Å². The van der Waals surface area contributed by atoms with Crippen LogP contribution in [0.3, 0.4) is 0 Å². The molecule has 1 fully saturated rings. The van der Waals surface area contributed by atoms with Crippen molar-refractivity contribution in [1.29, 1.82) is 0 Å². The Labute approximate surface area is 175 Å². The van der Waals surface area contributed by atoms with Crippen LogP contribution in [0, 0.1) is 0 Å². The van der Waals surface area contributed by atoms with Crippen molar-refractivity contribution in [2.24, 2.45) is 0 Å². The number of nitrogens with one attached hydrogen (secondary N) is 1. The van der Waals surface area contributed by atoms with Crippen LogP contribution in [0.15, 0.2) is 48.7 Å². The zero-order valence-corrected chi connectivity index (χ0v) is 17.1. The molecule has 4 rings (SSSR count). The Bertz CT molecular complexity index is 935. The van der Waals surface area contributed by atoms with E-state index in [1.54, 1.807) is 18.2 Å². The first-order chi connectivity index (χ1) is 13.6. The normalized spacial score (nSPS) is 17.1. The smallest absolute Gasteiger partial charge is 0.121 e. The molecule has 1 aliphatic rings. The van der Waals surface area contributed by atoms with Gasteiger partial charge in [-0.3, -0.25) is 0 Å². The van der Waals surface area contributed by atoms with Crippen molar-refractivity contribution in [3.8, 4) is 5.75 Å². The molecule has 1 aromatic heterocycles. The van der Waals surface area contributed by atoms with Gasteiger partial charge in [0.1, 0.15) is 18.5 Å². The highest BCUT2D eigenvalue weighted by Crippen LogP contribution is 2.33. The van der Waals surface area contributed by atoms with E-state index in [2.05, 4.69) is 40.3 Å². The van der Waals surface area contributed by atoms with Crippen molar-refractivity contribution < 1.29 is 9.84 Å². The number of H-pyrrole nitrogens is 1. The van der Waals surface area contributed by atoms with Gasteiger partial charge in [-0.1, -0.05) is 41.4 Å². The Balaban J connectivity index is 1.26. The van der Waals surface area contributed by atoms with Gasteiger partial charge in [0.2, 0.25) is 0 Å². The highest BCUT2D eigenvalue weighted by molar-refractivity contribution is 6.42. The number of aliphatic hydroxyl groups is 1. The fourth-order valence-electron chi connectivity index (χ4n) is 3.97. The minimum Gasteiger partial charge on any atom is -0.491 e. The third kappa shape index (κ3) is 4.47. The molecule has 3 aromatic rings. The summed E-state index contributed by atoms with van der Waals surface area (Å²) in [4.78, 5) is 5.69. The number of hydrogen-bond acceptors (Lipinski definition) is 3. The molecular formula is C22H24Cl2N2O2. The molecule has 1 atom stereocenters. The molecule has 6 heteroatoms. The maximum atomic E-state index is 10.3. The van der Waals surface area contributed by atoms with Crippen molar-refractivity contribution in [3.63, 3.8) is 0 Å². The number of para-hydroxylation sites is 1. The first-order valence-electron chi connectivity index (χ1n) is 9.64. The predicted octanol–water partition coefficient (Wildman–Crippen LogP) is 5.09. The number of likely N-dealkylation sites (tertiary alicyclic amines) is 1. The van der Waals surface area contributed by atoms with Crippen LogP contribution >= 0.6 is 23.2 Å². The summed E-state index contributed by atoms with van der Waals surface area (Å²) < 4.78 is 5.65. The van der Waals surface area contributed by atoms with Gasteiger partial charge in [-0.05, 0) is 55.6 Å². The maximum absolute atomic E-state index is 10.3. The van der Waals surface area contributed by atoms with Crippen molar-refractivity contribution in [2.45, 2.75) is 24.9 Å². The van der Waals surface area contributed by atoms with Gasteiger partial charge in [0, 0.05) is 29.7 Å². The summed E-state index contributed by atoms with van der Waals surface area (Å²) >= 11 is 11.9. The Hall–Kier alpha value is -1.72. The summed E-state index contributed by atoms with van der Waals surface area (Å²) in [7, 11) is 0. The van der Waals surface area contributed by atoms with E-state index in [1.165, 1.54) is 16.5 Å². The Morgan fingerprint density at radius 2 is 1.89 bits per heavy atom. The molecule has 0 radical (unpaired) electrons. The van der Waals surface area contributed by atoms with E-state index in [9.17, 15) is 5.11 Å². The molecular weight excluding hydrogens is 395 g/mol. The molecule has 1 unspecified atom stereocenters. The summed E-state index contributed by atoms with van der Waals surface area (Å²) in [6.07, 6.45) is 3.81. The van der Waals surface area contributed by atoms with Gasteiger partial charge >= 0.3 is 0 Å². The van der Waals surface area contributed by atoms with Crippen LogP contribution in [-0.4, -0.2) is 47.3 Å². The largest absolute Gasteiger partial charge is 0.491 e. The first-order valence-corrected chi connectivity index (χ1v) is 10.4. The Kier molecular flexibility index (Phi) is 6.12. The second-order valence-electron chi connectivity index (χ2n) is 7.41. The highest BCUT2D eigenvalue weighted by atomic mass is 35.5. The van der Waals surface area contributed by atoms with Crippen LogP contribution in [0.2, 0.25) is 10.0 Å². The molecule has 0 aliphatic carbocycles. The van der Waals surface area contributed by atoms with Gasteiger partial charge in [-0.2, -0.15) is 0 Å². The number of benzene rings is 2. The number of halogens is 2. The van der Waals surface area contributed by atoms with Gasteiger partial charge in [0.25, 0.3) is 0 Å². The number of aromatic amines is 1. The number of ether oxygens (including phenoxy) is 1. The monoisotopic (exact) mass is 418 g/mol. The number of aromatic nitrogens is 1. The lowest BCUT2D eigenvalue weighted by Crippen LogP contribution is -2.40. The van der Waals surface area contributed by atoms with Gasteiger partial charge < -0.3 is 19.7 Å². The number of fused-ring (bicyclic) bond motifs is 1. The average molecular weight is 419 g/mol. The number of nitrogens with zero attached hydrogens (tertiary/aromatic N) is 1. The molecule has 0 spiro atoms. The number of hydrogen-bond donors (Lipinski definition) is 2. The van der Waals surface area contributed by atoms with E-state index in [1.807, 2.05) is 0 Å². The molecule has 1 saturated heterocycles. The van der Waals surface area contributed by atoms with E-state index in [4.69, 9.17) is 27.9 Å². The van der Waals surface area contributed by atoms with Crippen molar-refractivity contribution in [2.75, 3.05) is 26.2 Å². The summed E-state index contributed by atoms with van der Waals surface area (Å²) in [5.41, 5.74) is 2.62. The molecule has 2 N–H and O–H groups in total. The van der Waals surface area contributed by atoms with Crippen LogP contribution in [0.4, 0.5) is 0 Å². The zero-order chi connectivity index (χ0) is 19.5. The maximum Gasteiger partial charge on any atom is 0.121 e. The minimum absolute atomic E-state index is 0.236. The highest BCUT2D eigenvalue weighted by Gasteiger charge is 2.24. The molecule has 148 valence electrons. The summed E-state index contributed by atoms with van der Waals surface area (Å²) in [6, 6.07) is 13.6. The SMILES string of the molecule is OC(COc1ccc(Cl)c(Cl)c1)CN1CCC(c2c[nH]c3ccccc23)CC1. The lowest BCUT2D eigenvalue weighted by Gasteiger charge is -2.33. The number of piperidine rings is 1. The number of rotatable bonds is 6. The molecule has 4 nitrogen and oxygen atoms in total. The van der Waals surface area contributed by atoms with E-state index in [0.717, 1.165) is 25.9 Å². The molecule has 2 aromatic carbocycles. The van der Waals surface area contributed by atoms with Crippen LogP contribution in [0.25, 0.3) is 10.9 Å². The molecule has 1 aliphatic heterocycles. The van der Waals surface area contributed by atoms with E-state index >= 15 is 0 Å². The van der Waals surface area contributed by atoms with Crippen LogP contribution in [0.1, 0.15) is 24.3 Å². The second kappa shape index (κ2) is 8.75. The molecule has 28 heavy (non-hydrogen) atoms. The van der Waals surface area contributed by atoms with E-state index in [0.29, 0.717) is 28.3 Å². The van der Waals surface area contributed by atoms with Crippen molar-refractivity contribution >= 4 is 34.1 Å². The summed E-state index contributed by atoms with van der Waals surface area (Å²) in [5.74, 6) is 1.18. The van der Waals surface area contributed by atoms with E-state index in [-0.39, 0.29) is 6.61 Å². The van der Waals surface area contributed by atoms with Gasteiger partial charge in [0.15, 0.2) is 0 Å². The van der Waals surface area contributed by atoms with Gasteiger partial charge in [0.05, 0.1) is 10.0 Å². The zero-order valence-electron chi connectivity index (χ0n) is 15.6. The summed E-state index contributed by atoms with van der Waals surface area (Å²) in [6.45, 7) is 2.81. The summed E-state index contributed by atoms with van der Waals surface area (Å²) in [5, 5.41) is 12.6. The minimum atomic E-state index is -0.543. The fourth-order valence-corrected chi connectivity index (χ4v) is 4.26. The van der Waals surface area contributed by atoms with Crippen LogP contribution < -0.4 is 4.74 Å². The van der Waals surface area contributed by atoms with Crippen LogP contribution in [-0.2, 0) is 0 Å². The Morgan fingerprint density at radius 3 is 2.68 bits per heavy atom. The van der Waals surface area contributed by atoms with Gasteiger partial charge in [-0.25, -0.2) is 0 Å². The quantitative estimate of drug-likeness (QED) is 0.585. The topological polar surface area (TPSA) is 48.5 Å². The fraction of sp³-hybridized carbons (Fsp3) is 0.364. The van der Waals surface area contributed by atoms with Crippen molar-refractivity contribution in [3.05, 3.63) is 64.3 Å².